The van der Waals surface area contributed by atoms with Crippen LogP contribution in [-0.4, -0.2) is 42.4 Å². The lowest BCUT2D eigenvalue weighted by Crippen LogP contribution is -2.35. The van der Waals surface area contributed by atoms with Gasteiger partial charge in [0.05, 0.1) is 0 Å². The molecule has 0 aliphatic carbocycles. The van der Waals surface area contributed by atoms with Gasteiger partial charge in [0, 0.05) is 19.1 Å². The van der Waals surface area contributed by atoms with Gasteiger partial charge in [-0.3, -0.25) is 4.79 Å². The summed E-state index contributed by atoms with van der Waals surface area (Å²) >= 11 is 5.45. The second-order valence-electron chi connectivity index (χ2n) is 3.02. The van der Waals surface area contributed by atoms with Crippen molar-refractivity contribution in [3.63, 3.8) is 0 Å². The van der Waals surface area contributed by atoms with Gasteiger partial charge < -0.3 is 10.2 Å². The minimum atomic E-state index is 0.0528. The molecule has 1 amide bonds. The van der Waals surface area contributed by atoms with Gasteiger partial charge in [-0.2, -0.15) is 0 Å². The molecule has 1 saturated heterocycles. The van der Waals surface area contributed by atoms with Crippen molar-refractivity contribution in [2.75, 3.05) is 25.5 Å². The lowest BCUT2D eigenvalue weighted by molar-refractivity contribution is -0.127. The molecular formula is C8H15ClN2O. The molecule has 1 fully saturated rings. The molecule has 4 heteroatoms. The molecule has 1 aliphatic rings. The van der Waals surface area contributed by atoms with E-state index in [-0.39, 0.29) is 11.8 Å². The standard InChI is InChI=1S/C8H15ClN2O/c1-2-10-7-3-4-11(6-7)8(12)5-9/h7,10H,2-6H2,1H3. The maximum Gasteiger partial charge on any atom is 0.237 e. The SMILES string of the molecule is CCNC1CCN(C(=O)CCl)C1. The molecule has 1 aliphatic heterocycles. The summed E-state index contributed by atoms with van der Waals surface area (Å²) < 4.78 is 0. The highest BCUT2D eigenvalue weighted by molar-refractivity contribution is 6.27. The van der Waals surface area contributed by atoms with Gasteiger partial charge in [-0.05, 0) is 13.0 Å². The second-order valence-corrected chi connectivity index (χ2v) is 3.28. The monoisotopic (exact) mass is 190 g/mol. The van der Waals surface area contributed by atoms with E-state index in [4.69, 9.17) is 11.6 Å². The molecule has 0 radical (unpaired) electrons. The zero-order chi connectivity index (χ0) is 8.97. The van der Waals surface area contributed by atoms with Crippen molar-refractivity contribution in [2.45, 2.75) is 19.4 Å². The summed E-state index contributed by atoms with van der Waals surface area (Å²) in [7, 11) is 0. The molecule has 0 spiro atoms. The molecule has 0 bridgehead atoms. The Kier molecular flexibility index (Phi) is 3.82. The van der Waals surface area contributed by atoms with Gasteiger partial charge in [-0.15, -0.1) is 11.6 Å². The molecule has 1 rings (SSSR count). The molecule has 0 saturated carbocycles. The Bertz CT molecular complexity index is 163. The number of halogens is 1. The Hall–Kier alpha value is -0.280. The summed E-state index contributed by atoms with van der Waals surface area (Å²) in [5.74, 6) is 0.163. The highest BCUT2D eigenvalue weighted by Crippen LogP contribution is 2.09. The molecular weight excluding hydrogens is 176 g/mol. The van der Waals surface area contributed by atoms with Crippen LogP contribution in [-0.2, 0) is 4.79 Å². The Morgan fingerprint density at radius 2 is 2.50 bits per heavy atom. The van der Waals surface area contributed by atoms with Crippen LogP contribution in [0.1, 0.15) is 13.3 Å². The Labute approximate surface area is 78.1 Å². The number of carbonyl (C=O) groups is 1. The average Bonchev–Trinajstić information content (AvgIpc) is 2.52. The van der Waals surface area contributed by atoms with Crippen molar-refractivity contribution in [1.82, 2.24) is 10.2 Å². The summed E-state index contributed by atoms with van der Waals surface area (Å²) in [6, 6.07) is 0.474. The first kappa shape index (κ1) is 9.81. The first-order chi connectivity index (χ1) is 5.77. The lowest BCUT2D eigenvalue weighted by atomic mass is 10.3. The fourth-order valence-corrected chi connectivity index (χ4v) is 1.70. The number of amides is 1. The Morgan fingerprint density at radius 1 is 1.75 bits per heavy atom. The Balaban J connectivity index is 2.30. The van der Waals surface area contributed by atoms with E-state index in [1.165, 1.54) is 0 Å². The van der Waals surface area contributed by atoms with Crippen LogP contribution in [0.3, 0.4) is 0 Å². The number of hydrogen-bond donors (Lipinski definition) is 1. The first-order valence-electron chi connectivity index (χ1n) is 4.35. The highest BCUT2D eigenvalue weighted by Gasteiger charge is 2.24. The number of carbonyl (C=O) groups excluding carboxylic acids is 1. The molecule has 3 nitrogen and oxygen atoms in total. The van der Waals surface area contributed by atoms with Crippen molar-refractivity contribution in [3.8, 4) is 0 Å². The van der Waals surface area contributed by atoms with Crippen molar-refractivity contribution in [1.29, 1.82) is 0 Å². The normalized spacial score (nSPS) is 23.2. The number of likely N-dealkylation sites (tertiary alicyclic amines) is 1. The molecule has 0 aromatic carbocycles. The van der Waals surface area contributed by atoms with Gasteiger partial charge in [0.15, 0.2) is 0 Å². The number of nitrogens with one attached hydrogen (secondary N) is 1. The van der Waals surface area contributed by atoms with Crippen LogP contribution in [0.15, 0.2) is 0 Å². The first-order valence-corrected chi connectivity index (χ1v) is 4.88. The number of alkyl halides is 1. The minimum absolute atomic E-state index is 0.0528. The van der Waals surface area contributed by atoms with Crippen LogP contribution < -0.4 is 5.32 Å². The van der Waals surface area contributed by atoms with Crippen LogP contribution in [0.4, 0.5) is 0 Å². The van der Waals surface area contributed by atoms with E-state index in [2.05, 4.69) is 12.2 Å². The summed E-state index contributed by atoms with van der Waals surface area (Å²) in [5, 5.41) is 3.32. The molecule has 70 valence electrons. The number of nitrogens with zero attached hydrogens (tertiary/aromatic N) is 1. The van der Waals surface area contributed by atoms with E-state index in [1.807, 2.05) is 4.90 Å². The minimum Gasteiger partial charge on any atom is -0.340 e. The number of hydrogen-bond acceptors (Lipinski definition) is 2. The summed E-state index contributed by atoms with van der Waals surface area (Å²) in [4.78, 5) is 12.9. The van der Waals surface area contributed by atoms with Crippen molar-refractivity contribution < 1.29 is 4.79 Å². The van der Waals surface area contributed by atoms with E-state index in [0.717, 1.165) is 26.1 Å². The second kappa shape index (κ2) is 4.67. The maximum absolute atomic E-state index is 11.1. The fraction of sp³-hybridized carbons (Fsp3) is 0.875. The van der Waals surface area contributed by atoms with Gasteiger partial charge in [-0.25, -0.2) is 0 Å². The molecule has 1 heterocycles. The third-order valence-corrected chi connectivity index (χ3v) is 2.38. The zero-order valence-electron chi connectivity index (χ0n) is 7.35. The lowest BCUT2D eigenvalue weighted by Gasteiger charge is -2.14. The van der Waals surface area contributed by atoms with Crippen LogP contribution >= 0.6 is 11.6 Å². The zero-order valence-corrected chi connectivity index (χ0v) is 8.10. The predicted octanol–water partition coefficient (Wildman–Crippen LogP) is 0.436. The highest BCUT2D eigenvalue weighted by atomic mass is 35.5. The van der Waals surface area contributed by atoms with E-state index >= 15 is 0 Å². The molecule has 1 N–H and O–H groups in total. The third-order valence-electron chi connectivity index (χ3n) is 2.15. The number of rotatable bonds is 3. The topological polar surface area (TPSA) is 32.3 Å². The molecule has 0 aromatic heterocycles. The van der Waals surface area contributed by atoms with Gasteiger partial charge in [-0.1, -0.05) is 6.92 Å². The van der Waals surface area contributed by atoms with Crippen molar-refractivity contribution >= 4 is 17.5 Å². The van der Waals surface area contributed by atoms with E-state index in [0.29, 0.717) is 6.04 Å². The predicted molar refractivity (Wildman–Crippen MR) is 49.4 cm³/mol. The maximum atomic E-state index is 11.1. The van der Waals surface area contributed by atoms with Gasteiger partial charge in [0.2, 0.25) is 5.91 Å². The molecule has 1 atom stereocenters. The summed E-state index contributed by atoms with van der Waals surface area (Å²) in [5.41, 5.74) is 0. The van der Waals surface area contributed by atoms with Gasteiger partial charge in [0.1, 0.15) is 5.88 Å². The quantitative estimate of drug-likeness (QED) is 0.655. The van der Waals surface area contributed by atoms with Crippen LogP contribution in [0.5, 0.6) is 0 Å². The fourth-order valence-electron chi connectivity index (χ4n) is 1.53. The van der Waals surface area contributed by atoms with Crippen LogP contribution in [0, 0.1) is 0 Å². The van der Waals surface area contributed by atoms with E-state index in [9.17, 15) is 4.79 Å². The Morgan fingerprint density at radius 3 is 3.08 bits per heavy atom. The summed E-state index contributed by atoms with van der Waals surface area (Å²) in [6.07, 6.45) is 1.05. The van der Waals surface area contributed by atoms with E-state index < -0.39 is 0 Å². The van der Waals surface area contributed by atoms with Gasteiger partial charge >= 0.3 is 0 Å². The largest absolute Gasteiger partial charge is 0.340 e. The van der Waals surface area contributed by atoms with Crippen molar-refractivity contribution in [3.05, 3.63) is 0 Å². The molecule has 1 unspecified atom stereocenters. The van der Waals surface area contributed by atoms with E-state index in [1.54, 1.807) is 0 Å². The smallest absolute Gasteiger partial charge is 0.237 e. The van der Waals surface area contributed by atoms with Crippen LogP contribution in [0.2, 0.25) is 0 Å². The van der Waals surface area contributed by atoms with Crippen molar-refractivity contribution in [2.24, 2.45) is 0 Å². The molecule has 0 aromatic rings. The number of likely N-dealkylation sites (N-methyl/N-ethyl adjacent to an activating group) is 1. The van der Waals surface area contributed by atoms with Gasteiger partial charge in [0.25, 0.3) is 0 Å². The third kappa shape index (κ3) is 2.35. The molecule has 12 heavy (non-hydrogen) atoms. The average molecular weight is 191 g/mol. The summed E-state index contributed by atoms with van der Waals surface area (Å²) in [6.45, 7) is 4.71. The van der Waals surface area contributed by atoms with Crippen LogP contribution in [0.25, 0.3) is 0 Å².